The van der Waals surface area contributed by atoms with E-state index in [1.807, 2.05) is 37.3 Å². The van der Waals surface area contributed by atoms with Crippen LogP contribution in [0, 0.1) is 6.92 Å². The van der Waals surface area contributed by atoms with Crippen LogP contribution >= 0.6 is 0 Å². The average Bonchev–Trinajstić information content (AvgIpc) is 2.34. The zero-order valence-corrected chi connectivity index (χ0v) is 10.2. The molecule has 0 aromatic heterocycles. The number of phenols is 1. The number of hydrogen-bond donors (Lipinski definition) is 2. The number of aliphatic carboxylic acids is 1. The molecule has 0 atom stereocenters. The molecule has 0 aliphatic heterocycles. The third kappa shape index (κ3) is 5.70. The highest BCUT2D eigenvalue weighted by atomic mass is 16.4. The molecule has 3 heteroatoms. The zero-order chi connectivity index (χ0) is 13.4. The lowest BCUT2D eigenvalue weighted by molar-refractivity contribution is -0.136. The van der Waals surface area contributed by atoms with Gasteiger partial charge >= 0.3 is 5.97 Å². The highest BCUT2D eigenvalue weighted by Crippen LogP contribution is 2.07. The number of aryl methyl sites for hydroxylation is 1. The van der Waals surface area contributed by atoms with E-state index in [0.29, 0.717) is 5.75 Å². The van der Waals surface area contributed by atoms with E-state index in [-0.39, 0.29) is 6.42 Å². The summed E-state index contributed by atoms with van der Waals surface area (Å²) >= 11 is 0. The number of carbonyl (C=O) groups is 1. The Balaban J connectivity index is 0.000000184. The molecule has 2 aromatic rings. The molecule has 0 fully saturated rings. The third-order valence-corrected chi connectivity index (χ3v) is 2.23. The van der Waals surface area contributed by atoms with E-state index in [0.717, 1.165) is 5.56 Å². The van der Waals surface area contributed by atoms with Gasteiger partial charge in [-0.05, 0) is 24.6 Å². The first-order chi connectivity index (χ1) is 8.58. The van der Waals surface area contributed by atoms with Crippen molar-refractivity contribution >= 4 is 5.97 Å². The Kier molecular flexibility index (Phi) is 5.45. The van der Waals surface area contributed by atoms with Crippen molar-refractivity contribution in [1.29, 1.82) is 0 Å². The third-order valence-electron chi connectivity index (χ3n) is 2.23. The normalized spacial score (nSPS) is 9.17. The number of benzene rings is 2. The summed E-state index contributed by atoms with van der Waals surface area (Å²) < 4.78 is 0. The van der Waals surface area contributed by atoms with Gasteiger partial charge in [0.15, 0.2) is 0 Å². The summed E-state index contributed by atoms with van der Waals surface area (Å²) in [5, 5.41) is 17.1. The van der Waals surface area contributed by atoms with Crippen molar-refractivity contribution in [1.82, 2.24) is 0 Å². The van der Waals surface area contributed by atoms with Gasteiger partial charge in [0.25, 0.3) is 0 Å². The molecular weight excluding hydrogens is 228 g/mol. The summed E-state index contributed by atoms with van der Waals surface area (Å²) in [6, 6.07) is 16.2. The molecule has 2 rings (SSSR count). The number of carboxylic acids is 1. The van der Waals surface area contributed by atoms with Gasteiger partial charge in [-0.15, -0.1) is 0 Å². The first-order valence-corrected chi connectivity index (χ1v) is 5.59. The van der Waals surface area contributed by atoms with E-state index in [1.54, 1.807) is 24.3 Å². The monoisotopic (exact) mass is 244 g/mol. The molecule has 3 nitrogen and oxygen atoms in total. The lowest BCUT2D eigenvalue weighted by Crippen LogP contribution is -1.98. The SMILES string of the molecule is Cc1ccc(O)cc1.O=C(O)Cc1ccccc1. The molecule has 0 heterocycles. The van der Waals surface area contributed by atoms with Crippen LogP contribution in [0.15, 0.2) is 54.6 Å². The topological polar surface area (TPSA) is 57.5 Å². The van der Waals surface area contributed by atoms with Crippen LogP contribution in [0.1, 0.15) is 11.1 Å². The van der Waals surface area contributed by atoms with Gasteiger partial charge in [0.05, 0.1) is 6.42 Å². The van der Waals surface area contributed by atoms with Crippen LogP contribution in [-0.4, -0.2) is 16.2 Å². The fourth-order valence-electron chi connectivity index (χ4n) is 1.32. The van der Waals surface area contributed by atoms with E-state index < -0.39 is 5.97 Å². The number of phenolic OH excluding ortho intramolecular Hbond substituents is 1. The van der Waals surface area contributed by atoms with Crippen LogP contribution in [0.2, 0.25) is 0 Å². The maximum absolute atomic E-state index is 10.2. The number of rotatable bonds is 2. The van der Waals surface area contributed by atoms with Crippen LogP contribution in [0.4, 0.5) is 0 Å². The Morgan fingerprint density at radius 2 is 1.56 bits per heavy atom. The maximum atomic E-state index is 10.2. The molecule has 94 valence electrons. The molecule has 2 N–H and O–H groups in total. The van der Waals surface area contributed by atoms with E-state index in [1.165, 1.54) is 5.56 Å². The summed E-state index contributed by atoms with van der Waals surface area (Å²) in [6.07, 6.45) is 0.112. The number of aromatic hydroxyl groups is 1. The molecular formula is C15H16O3. The molecule has 0 saturated heterocycles. The molecule has 0 bridgehead atoms. The fraction of sp³-hybridized carbons (Fsp3) is 0.133. The molecule has 2 aromatic carbocycles. The van der Waals surface area contributed by atoms with Gasteiger partial charge in [-0.25, -0.2) is 0 Å². The van der Waals surface area contributed by atoms with Gasteiger partial charge in [-0.3, -0.25) is 4.79 Å². The van der Waals surface area contributed by atoms with Crippen molar-refractivity contribution in [3.05, 3.63) is 65.7 Å². The van der Waals surface area contributed by atoms with Crippen molar-refractivity contribution < 1.29 is 15.0 Å². The molecule has 0 amide bonds. The minimum absolute atomic E-state index is 0.112. The summed E-state index contributed by atoms with van der Waals surface area (Å²) in [6.45, 7) is 1.99. The number of carboxylic acid groups (broad SMARTS) is 1. The zero-order valence-electron chi connectivity index (χ0n) is 10.2. The van der Waals surface area contributed by atoms with Crippen LogP contribution in [0.5, 0.6) is 5.75 Å². The van der Waals surface area contributed by atoms with Crippen molar-refractivity contribution in [3.63, 3.8) is 0 Å². The lowest BCUT2D eigenvalue weighted by atomic mass is 10.2. The Hall–Kier alpha value is -2.29. The second-order valence-corrected chi connectivity index (χ2v) is 3.89. The van der Waals surface area contributed by atoms with Gasteiger partial charge in [-0.2, -0.15) is 0 Å². The van der Waals surface area contributed by atoms with Gasteiger partial charge in [-0.1, -0.05) is 48.0 Å². The molecule has 18 heavy (non-hydrogen) atoms. The van der Waals surface area contributed by atoms with Gasteiger partial charge in [0, 0.05) is 0 Å². The van der Waals surface area contributed by atoms with Crippen LogP contribution in [0.3, 0.4) is 0 Å². The molecule has 0 saturated carbocycles. The Bertz CT molecular complexity index is 454. The van der Waals surface area contributed by atoms with Gasteiger partial charge < -0.3 is 10.2 Å². The van der Waals surface area contributed by atoms with E-state index in [2.05, 4.69) is 0 Å². The minimum atomic E-state index is -0.786. The predicted octanol–water partition coefficient (Wildman–Crippen LogP) is 3.01. The van der Waals surface area contributed by atoms with Crippen molar-refractivity contribution in [2.45, 2.75) is 13.3 Å². The summed E-state index contributed by atoms with van der Waals surface area (Å²) in [4.78, 5) is 10.2. The predicted molar refractivity (Wildman–Crippen MR) is 70.6 cm³/mol. The van der Waals surface area contributed by atoms with Crippen LogP contribution in [0.25, 0.3) is 0 Å². The average molecular weight is 244 g/mol. The van der Waals surface area contributed by atoms with Crippen LogP contribution < -0.4 is 0 Å². The van der Waals surface area contributed by atoms with Crippen molar-refractivity contribution in [2.75, 3.05) is 0 Å². The first kappa shape index (κ1) is 13.8. The maximum Gasteiger partial charge on any atom is 0.307 e. The Labute approximate surface area is 106 Å². The van der Waals surface area contributed by atoms with Gasteiger partial charge in [0.2, 0.25) is 0 Å². The van der Waals surface area contributed by atoms with E-state index >= 15 is 0 Å². The summed E-state index contributed by atoms with van der Waals surface area (Å²) in [7, 11) is 0. The quantitative estimate of drug-likeness (QED) is 0.853. The van der Waals surface area contributed by atoms with Gasteiger partial charge in [0.1, 0.15) is 5.75 Å². The first-order valence-electron chi connectivity index (χ1n) is 5.59. The fourth-order valence-corrected chi connectivity index (χ4v) is 1.32. The molecule has 0 radical (unpaired) electrons. The summed E-state index contributed by atoms with van der Waals surface area (Å²) in [5.41, 5.74) is 2.01. The minimum Gasteiger partial charge on any atom is -0.508 e. The second kappa shape index (κ2) is 7.12. The Morgan fingerprint density at radius 1 is 1.00 bits per heavy atom. The molecule has 0 aliphatic rings. The smallest absolute Gasteiger partial charge is 0.307 e. The van der Waals surface area contributed by atoms with E-state index in [9.17, 15) is 4.79 Å². The van der Waals surface area contributed by atoms with Crippen molar-refractivity contribution in [3.8, 4) is 5.75 Å². The van der Waals surface area contributed by atoms with E-state index in [4.69, 9.17) is 10.2 Å². The molecule has 0 unspecified atom stereocenters. The number of hydrogen-bond acceptors (Lipinski definition) is 2. The second-order valence-electron chi connectivity index (χ2n) is 3.89. The highest BCUT2D eigenvalue weighted by molar-refractivity contribution is 5.70. The highest BCUT2D eigenvalue weighted by Gasteiger charge is 1.96. The molecule has 0 spiro atoms. The molecule has 0 aliphatic carbocycles. The summed E-state index contributed by atoms with van der Waals surface area (Å²) in [5.74, 6) is -0.457. The Morgan fingerprint density at radius 3 is 2.00 bits per heavy atom. The van der Waals surface area contributed by atoms with Crippen molar-refractivity contribution in [2.24, 2.45) is 0 Å². The largest absolute Gasteiger partial charge is 0.508 e. The van der Waals surface area contributed by atoms with Crippen LogP contribution in [-0.2, 0) is 11.2 Å². The lowest BCUT2D eigenvalue weighted by Gasteiger charge is -1.92. The standard InChI is InChI=1S/C8H8O2.C7H8O/c9-8(10)6-7-4-2-1-3-5-7;1-6-2-4-7(8)5-3-6/h1-5H,6H2,(H,9,10);2-5,8H,1H3.